The molecule has 0 spiro atoms. The summed E-state index contributed by atoms with van der Waals surface area (Å²) in [6, 6.07) is 3.78. The number of rotatable bonds is 3. The monoisotopic (exact) mass is 353 g/mol. The highest BCUT2D eigenvalue weighted by molar-refractivity contribution is 5.85. The summed E-state index contributed by atoms with van der Waals surface area (Å²) in [4.78, 5) is 13.6. The molecule has 0 amide bonds. The average molecular weight is 353 g/mol. The lowest BCUT2D eigenvalue weighted by molar-refractivity contribution is -0.107. The molecule has 0 saturated heterocycles. The van der Waals surface area contributed by atoms with E-state index >= 15 is 0 Å². The summed E-state index contributed by atoms with van der Waals surface area (Å²) >= 11 is 0. The van der Waals surface area contributed by atoms with Crippen LogP contribution in [-0.4, -0.2) is 26.5 Å². The van der Waals surface area contributed by atoms with E-state index in [1.807, 2.05) is 6.92 Å². The lowest BCUT2D eigenvalue weighted by atomic mass is 9.84. The minimum Gasteiger partial charge on any atom is -0.490 e. The van der Waals surface area contributed by atoms with Crippen LogP contribution in [0.2, 0.25) is 0 Å². The molecule has 0 unspecified atom stereocenters. The van der Waals surface area contributed by atoms with Gasteiger partial charge in [-0.2, -0.15) is 0 Å². The quantitative estimate of drug-likeness (QED) is 0.776. The number of hydrogen-bond donors (Lipinski definition) is 0. The molecular weight excluding hydrogens is 329 g/mol. The van der Waals surface area contributed by atoms with E-state index in [2.05, 4.69) is 24.9 Å². The van der Waals surface area contributed by atoms with Gasteiger partial charge in [-0.1, -0.05) is 0 Å². The second-order valence-corrected chi connectivity index (χ2v) is 7.38. The number of anilines is 1. The third-order valence-corrected chi connectivity index (χ3v) is 5.84. The smallest absolute Gasteiger partial charge is 0.165 e. The Morgan fingerprint density at radius 2 is 2.04 bits per heavy atom. The van der Waals surface area contributed by atoms with Crippen molar-refractivity contribution in [2.45, 2.75) is 39.5 Å². The van der Waals surface area contributed by atoms with E-state index in [9.17, 15) is 9.18 Å². The summed E-state index contributed by atoms with van der Waals surface area (Å²) < 4.78 is 20.4. The summed E-state index contributed by atoms with van der Waals surface area (Å²) in [5, 5.41) is 0. The summed E-state index contributed by atoms with van der Waals surface area (Å²) in [6.07, 6.45) is 3.97. The molecule has 3 nitrogen and oxygen atoms in total. The third-order valence-electron chi connectivity index (χ3n) is 5.84. The van der Waals surface area contributed by atoms with Gasteiger partial charge in [0, 0.05) is 31.3 Å². The summed E-state index contributed by atoms with van der Waals surface area (Å²) in [5.41, 5.74) is 8.57. The molecule has 4 rings (SSSR count). The molecule has 0 saturated carbocycles. The van der Waals surface area contributed by atoms with Crippen molar-refractivity contribution in [3.8, 4) is 16.9 Å². The number of carbonyl (C=O) groups is 1. The van der Waals surface area contributed by atoms with Crippen LogP contribution in [0.3, 0.4) is 0 Å². The van der Waals surface area contributed by atoms with Gasteiger partial charge < -0.3 is 14.4 Å². The van der Waals surface area contributed by atoms with Crippen molar-refractivity contribution < 1.29 is 13.9 Å². The average Bonchev–Trinajstić information content (AvgIpc) is 3.00. The number of halogens is 1. The Balaban J connectivity index is 2.03. The number of carbonyl (C=O) groups excluding carboxylic acids is 1. The Labute approximate surface area is 153 Å². The zero-order valence-electron chi connectivity index (χ0n) is 15.6. The second kappa shape index (κ2) is 6.42. The van der Waals surface area contributed by atoms with E-state index in [0.717, 1.165) is 65.5 Å². The highest BCUT2D eigenvalue weighted by atomic mass is 19.1. The molecule has 4 heteroatoms. The molecule has 2 aromatic carbocycles. The Kier molecular flexibility index (Phi) is 4.22. The van der Waals surface area contributed by atoms with Gasteiger partial charge in [0.1, 0.15) is 6.29 Å². The minimum absolute atomic E-state index is 0.293. The topological polar surface area (TPSA) is 29.5 Å². The molecule has 0 aromatic heterocycles. The number of hydrogen-bond acceptors (Lipinski definition) is 3. The summed E-state index contributed by atoms with van der Waals surface area (Å²) in [7, 11) is 2.09. The van der Waals surface area contributed by atoms with E-state index < -0.39 is 0 Å². The number of ether oxygens (including phenoxy) is 1. The van der Waals surface area contributed by atoms with E-state index in [1.54, 1.807) is 6.07 Å². The van der Waals surface area contributed by atoms with Crippen molar-refractivity contribution in [3.05, 3.63) is 45.8 Å². The maximum Gasteiger partial charge on any atom is 0.165 e. The van der Waals surface area contributed by atoms with Crippen LogP contribution in [0, 0.1) is 19.7 Å². The number of fused-ring (bicyclic) bond motifs is 2. The number of aldehydes is 1. The molecule has 0 fully saturated rings. The lowest BCUT2D eigenvalue weighted by Crippen LogP contribution is -2.13. The fourth-order valence-corrected chi connectivity index (χ4v) is 4.47. The molecule has 0 aliphatic carbocycles. The molecule has 0 atom stereocenters. The van der Waals surface area contributed by atoms with Gasteiger partial charge in [-0.05, 0) is 78.6 Å². The maximum absolute atomic E-state index is 14.8. The van der Waals surface area contributed by atoms with Gasteiger partial charge in [-0.15, -0.1) is 0 Å². The van der Waals surface area contributed by atoms with Gasteiger partial charge >= 0.3 is 0 Å². The zero-order valence-corrected chi connectivity index (χ0v) is 15.6. The first kappa shape index (κ1) is 17.1. The predicted molar refractivity (Wildman–Crippen MR) is 102 cm³/mol. The second-order valence-electron chi connectivity index (χ2n) is 7.38. The van der Waals surface area contributed by atoms with E-state index in [0.29, 0.717) is 18.8 Å². The van der Waals surface area contributed by atoms with E-state index in [4.69, 9.17) is 4.74 Å². The number of aryl methyl sites for hydroxylation is 1. The fraction of sp³-hybridized carbons (Fsp3) is 0.409. The van der Waals surface area contributed by atoms with Crippen molar-refractivity contribution in [2.24, 2.45) is 0 Å². The molecule has 2 aromatic rings. The molecule has 2 aliphatic heterocycles. The van der Waals surface area contributed by atoms with Crippen LogP contribution >= 0.6 is 0 Å². The molecule has 0 N–H and O–H groups in total. The molecule has 136 valence electrons. The van der Waals surface area contributed by atoms with Gasteiger partial charge in [0.05, 0.1) is 6.61 Å². The third kappa shape index (κ3) is 2.51. The first-order chi connectivity index (χ1) is 12.5. The lowest BCUT2D eigenvalue weighted by Gasteiger charge is -2.25. The van der Waals surface area contributed by atoms with Gasteiger partial charge in [-0.25, -0.2) is 4.39 Å². The van der Waals surface area contributed by atoms with E-state index in [1.165, 1.54) is 11.3 Å². The van der Waals surface area contributed by atoms with Gasteiger partial charge in [-0.3, -0.25) is 0 Å². The summed E-state index contributed by atoms with van der Waals surface area (Å²) in [6.45, 7) is 5.62. The van der Waals surface area contributed by atoms with Crippen LogP contribution < -0.4 is 9.64 Å². The van der Waals surface area contributed by atoms with Crippen molar-refractivity contribution in [2.75, 3.05) is 25.1 Å². The highest BCUT2D eigenvalue weighted by Crippen LogP contribution is 2.44. The fourth-order valence-electron chi connectivity index (χ4n) is 4.47. The van der Waals surface area contributed by atoms with Crippen molar-refractivity contribution in [1.29, 1.82) is 0 Å². The van der Waals surface area contributed by atoms with Crippen LogP contribution in [0.25, 0.3) is 11.1 Å². The van der Waals surface area contributed by atoms with Crippen LogP contribution in [0.5, 0.6) is 5.75 Å². The van der Waals surface area contributed by atoms with Gasteiger partial charge in [0.25, 0.3) is 0 Å². The minimum atomic E-state index is -0.293. The van der Waals surface area contributed by atoms with Crippen LogP contribution in [0.15, 0.2) is 12.1 Å². The normalized spacial score (nSPS) is 15.5. The number of benzene rings is 2. The van der Waals surface area contributed by atoms with Gasteiger partial charge in [0.2, 0.25) is 0 Å². The standard InChI is InChI=1S/C22H24FNO2/c1-13-11-20-17(6-8-24(20)3)21(15(13)7-9-25)18-12-19(23)22-16(14(18)2)5-4-10-26-22/h9,11-12H,4-8,10H2,1-3H3. The first-order valence-electron chi connectivity index (χ1n) is 9.28. The molecule has 0 bridgehead atoms. The largest absolute Gasteiger partial charge is 0.490 e. The van der Waals surface area contributed by atoms with Crippen molar-refractivity contribution >= 4 is 12.0 Å². The SMILES string of the molecule is Cc1cc2c(c(-c3cc(F)c4c(c3C)CCCO4)c1CC=O)CCN2C. The predicted octanol–water partition coefficient (Wildman–Crippen LogP) is 4.17. The maximum atomic E-state index is 14.8. The Bertz CT molecular complexity index is 904. The molecule has 2 heterocycles. The van der Waals surface area contributed by atoms with Crippen LogP contribution in [0.1, 0.15) is 34.2 Å². The van der Waals surface area contributed by atoms with Crippen LogP contribution in [0.4, 0.5) is 10.1 Å². The van der Waals surface area contributed by atoms with Crippen molar-refractivity contribution in [3.63, 3.8) is 0 Å². The molecule has 2 aliphatic rings. The summed E-state index contributed by atoms with van der Waals surface area (Å²) in [5.74, 6) is 0.120. The Hall–Kier alpha value is -2.36. The van der Waals surface area contributed by atoms with E-state index in [-0.39, 0.29) is 5.82 Å². The number of nitrogens with zero attached hydrogens (tertiary/aromatic N) is 1. The van der Waals surface area contributed by atoms with Gasteiger partial charge in [0.15, 0.2) is 11.6 Å². The Morgan fingerprint density at radius 3 is 2.81 bits per heavy atom. The highest BCUT2D eigenvalue weighted by Gasteiger charge is 2.27. The number of likely N-dealkylation sites (N-methyl/N-ethyl adjacent to an activating group) is 1. The Morgan fingerprint density at radius 1 is 1.23 bits per heavy atom. The molecular formula is C22H24FNO2. The first-order valence-corrected chi connectivity index (χ1v) is 9.28. The van der Waals surface area contributed by atoms with Crippen LogP contribution in [-0.2, 0) is 24.1 Å². The molecule has 0 radical (unpaired) electrons. The zero-order chi connectivity index (χ0) is 18.4. The van der Waals surface area contributed by atoms with Crippen molar-refractivity contribution in [1.82, 2.24) is 0 Å². The molecule has 26 heavy (non-hydrogen) atoms.